The molecule has 0 atom stereocenters. The number of hydrogen-bond donors (Lipinski definition) is 1. The maximum absolute atomic E-state index is 6.09. The largest absolute Gasteiger partial charge is 0.496 e. The molecule has 0 fully saturated rings. The van der Waals surface area contributed by atoms with Crippen LogP contribution in [0.2, 0.25) is 0 Å². The van der Waals surface area contributed by atoms with Gasteiger partial charge in [0, 0.05) is 11.3 Å². The van der Waals surface area contributed by atoms with Gasteiger partial charge in [-0.3, -0.25) is 0 Å². The van der Waals surface area contributed by atoms with Crippen LogP contribution in [-0.4, -0.2) is 17.1 Å². The number of aromatic nitrogens is 2. The molecule has 0 aliphatic heterocycles. The predicted octanol–water partition coefficient (Wildman–Crippen LogP) is 3.47. The lowest BCUT2D eigenvalue weighted by atomic mass is 10.0. The zero-order chi connectivity index (χ0) is 14.9. The van der Waals surface area contributed by atoms with Crippen molar-refractivity contribution in [1.29, 1.82) is 0 Å². The molecule has 0 unspecified atom stereocenters. The second-order valence-electron chi connectivity index (χ2n) is 5.29. The molecule has 2 N–H and O–H groups in total. The van der Waals surface area contributed by atoms with E-state index in [-0.39, 0.29) is 0 Å². The molecule has 4 heteroatoms. The third-order valence-electron chi connectivity index (χ3n) is 3.34. The van der Waals surface area contributed by atoms with E-state index in [2.05, 4.69) is 23.8 Å². The first-order chi connectivity index (χ1) is 9.43. The Labute approximate surface area is 120 Å². The van der Waals surface area contributed by atoms with Crippen molar-refractivity contribution in [2.75, 3.05) is 12.8 Å². The standard InChI is InChI=1S/C16H21N3O/c1-9(2)14-11(4)18-16(19-15(14)17)12-7-6-10(3)8-13(12)20-5/h6-9H,1-5H3,(H2,17,18,19). The number of nitrogen functional groups attached to an aromatic ring is 1. The first-order valence-corrected chi connectivity index (χ1v) is 6.73. The van der Waals surface area contributed by atoms with Gasteiger partial charge in [0.15, 0.2) is 5.82 Å². The van der Waals surface area contributed by atoms with Crippen molar-refractivity contribution in [2.24, 2.45) is 0 Å². The Kier molecular flexibility index (Phi) is 3.93. The van der Waals surface area contributed by atoms with Crippen LogP contribution in [0.15, 0.2) is 18.2 Å². The Hall–Kier alpha value is -2.10. The van der Waals surface area contributed by atoms with E-state index in [9.17, 15) is 0 Å². The van der Waals surface area contributed by atoms with Crippen LogP contribution in [0.25, 0.3) is 11.4 Å². The van der Waals surface area contributed by atoms with Gasteiger partial charge in [0.1, 0.15) is 11.6 Å². The maximum Gasteiger partial charge on any atom is 0.165 e. The number of benzene rings is 1. The zero-order valence-corrected chi connectivity index (χ0v) is 12.7. The summed E-state index contributed by atoms with van der Waals surface area (Å²) in [6.45, 7) is 8.18. The fourth-order valence-corrected chi connectivity index (χ4v) is 2.42. The Morgan fingerprint density at radius 1 is 1.15 bits per heavy atom. The van der Waals surface area contributed by atoms with E-state index in [4.69, 9.17) is 10.5 Å². The Morgan fingerprint density at radius 2 is 1.85 bits per heavy atom. The summed E-state index contributed by atoms with van der Waals surface area (Å²) in [7, 11) is 1.65. The number of anilines is 1. The molecule has 0 aliphatic rings. The van der Waals surface area contributed by atoms with E-state index in [0.717, 1.165) is 28.1 Å². The van der Waals surface area contributed by atoms with Crippen LogP contribution in [-0.2, 0) is 0 Å². The molecule has 0 bridgehead atoms. The molecule has 1 heterocycles. The summed E-state index contributed by atoms with van der Waals surface area (Å²) >= 11 is 0. The van der Waals surface area contributed by atoms with E-state index in [1.165, 1.54) is 0 Å². The van der Waals surface area contributed by atoms with E-state index in [1.54, 1.807) is 7.11 Å². The van der Waals surface area contributed by atoms with Crippen LogP contribution >= 0.6 is 0 Å². The van der Waals surface area contributed by atoms with Gasteiger partial charge in [-0.15, -0.1) is 0 Å². The van der Waals surface area contributed by atoms with Gasteiger partial charge in [-0.1, -0.05) is 19.9 Å². The van der Waals surface area contributed by atoms with Gasteiger partial charge in [0.2, 0.25) is 0 Å². The minimum atomic E-state index is 0.309. The molecule has 4 nitrogen and oxygen atoms in total. The lowest BCUT2D eigenvalue weighted by Crippen LogP contribution is -2.07. The number of hydrogen-bond acceptors (Lipinski definition) is 4. The van der Waals surface area contributed by atoms with Crippen LogP contribution in [0.5, 0.6) is 5.75 Å². The first kappa shape index (κ1) is 14.3. The Morgan fingerprint density at radius 3 is 2.40 bits per heavy atom. The van der Waals surface area contributed by atoms with Gasteiger partial charge in [-0.2, -0.15) is 0 Å². The van der Waals surface area contributed by atoms with Crippen LogP contribution in [0.1, 0.15) is 36.6 Å². The summed E-state index contributed by atoms with van der Waals surface area (Å²) in [4.78, 5) is 9.04. The average Bonchev–Trinajstić information content (AvgIpc) is 2.37. The minimum absolute atomic E-state index is 0.309. The van der Waals surface area contributed by atoms with Gasteiger partial charge < -0.3 is 10.5 Å². The number of ether oxygens (including phenoxy) is 1. The lowest BCUT2D eigenvalue weighted by Gasteiger charge is -2.14. The molecule has 20 heavy (non-hydrogen) atoms. The number of aryl methyl sites for hydroxylation is 2. The minimum Gasteiger partial charge on any atom is -0.496 e. The Bertz CT molecular complexity index is 613. The van der Waals surface area contributed by atoms with Crippen molar-refractivity contribution in [3.05, 3.63) is 35.0 Å². The summed E-state index contributed by atoms with van der Waals surface area (Å²) in [6, 6.07) is 5.96. The highest BCUT2D eigenvalue weighted by molar-refractivity contribution is 5.67. The SMILES string of the molecule is COc1cc(C)ccc1-c1nc(C)c(C(C)C)c(N)n1. The summed E-state index contributed by atoms with van der Waals surface area (Å²) in [5.74, 6) is 2.23. The third-order valence-corrected chi connectivity index (χ3v) is 3.34. The highest BCUT2D eigenvalue weighted by Crippen LogP contribution is 2.31. The van der Waals surface area contributed by atoms with Crippen molar-refractivity contribution in [3.8, 4) is 17.1 Å². The van der Waals surface area contributed by atoms with Crippen LogP contribution in [0.4, 0.5) is 5.82 Å². The van der Waals surface area contributed by atoms with Crippen LogP contribution < -0.4 is 10.5 Å². The first-order valence-electron chi connectivity index (χ1n) is 6.73. The van der Waals surface area contributed by atoms with E-state index in [0.29, 0.717) is 17.6 Å². The second-order valence-corrected chi connectivity index (χ2v) is 5.29. The number of nitrogens with zero attached hydrogens (tertiary/aromatic N) is 2. The topological polar surface area (TPSA) is 61.0 Å². The molecular formula is C16H21N3O. The van der Waals surface area contributed by atoms with Crippen molar-refractivity contribution in [3.63, 3.8) is 0 Å². The third kappa shape index (κ3) is 2.59. The summed E-state index contributed by atoms with van der Waals surface area (Å²) < 4.78 is 5.42. The summed E-state index contributed by atoms with van der Waals surface area (Å²) in [5.41, 5.74) is 10.0. The molecule has 0 saturated heterocycles. The monoisotopic (exact) mass is 271 g/mol. The molecule has 0 saturated carbocycles. The number of methoxy groups -OCH3 is 1. The molecule has 2 aromatic rings. The van der Waals surface area contributed by atoms with Crippen molar-refractivity contribution in [2.45, 2.75) is 33.6 Å². The zero-order valence-electron chi connectivity index (χ0n) is 12.7. The second kappa shape index (κ2) is 5.49. The molecule has 0 aliphatic carbocycles. The van der Waals surface area contributed by atoms with Crippen molar-refractivity contribution >= 4 is 5.82 Å². The van der Waals surface area contributed by atoms with Gasteiger partial charge in [0.05, 0.1) is 12.7 Å². The highest BCUT2D eigenvalue weighted by Gasteiger charge is 2.15. The molecule has 106 valence electrons. The van der Waals surface area contributed by atoms with Crippen LogP contribution in [0, 0.1) is 13.8 Å². The normalized spacial score (nSPS) is 10.9. The quantitative estimate of drug-likeness (QED) is 0.928. The Balaban J connectivity index is 2.60. The number of nitrogens with two attached hydrogens (primary N) is 1. The fraction of sp³-hybridized carbons (Fsp3) is 0.375. The maximum atomic E-state index is 6.09. The molecule has 1 aromatic carbocycles. The summed E-state index contributed by atoms with van der Waals surface area (Å²) in [6.07, 6.45) is 0. The van der Waals surface area contributed by atoms with Crippen LogP contribution in [0.3, 0.4) is 0 Å². The van der Waals surface area contributed by atoms with E-state index in [1.807, 2.05) is 32.0 Å². The predicted molar refractivity (Wildman–Crippen MR) is 82.0 cm³/mol. The van der Waals surface area contributed by atoms with Gasteiger partial charge in [-0.05, 0) is 37.5 Å². The fourth-order valence-electron chi connectivity index (χ4n) is 2.42. The summed E-state index contributed by atoms with van der Waals surface area (Å²) in [5, 5.41) is 0. The molecule has 1 aromatic heterocycles. The van der Waals surface area contributed by atoms with Crippen molar-refractivity contribution in [1.82, 2.24) is 9.97 Å². The molecule has 2 rings (SSSR count). The van der Waals surface area contributed by atoms with Crippen molar-refractivity contribution < 1.29 is 4.74 Å². The molecule has 0 spiro atoms. The molecular weight excluding hydrogens is 250 g/mol. The average molecular weight is 271 g/mol. The van der Waals surface area contributed by atoms with E-state index < -0.39 is 0 Å². The van der Waals surface area contributed by atoms with E-state index >= 15 is 0 Å². The molecule has 0 radical (unpaired) electrons. The lowest BCUT2D eigenvalue weighted by molar-refractivity contribution is 0.416. The van der Waals surface area contributed by atoms with Gasteiger partial charge in [-0.25, -0.2) is 9.97 Å². The molecule has 0 amide bonds. The number of rotatable bonds is 3. The van der Waals surface area contributed by atoms with Gasteiger partial charge in [0.25, 0.3) is 0 Å². The highest BCUT2D eigenvalue weighted by atomic mass is 16.5. The smallest absolute Gasteiger partial charge is 0.165 e. The van der Waals surface area contributed by atoms with Gasteiger partial charge >= 0.3 is 0 Å².